The summed E-state index contributed by atoms with van der Waals surface area (Å²) in [4.78, 5) is 0. The second kappa shape index (κ2) is 3.81. The molecule has 2 heterocycles. The van der Waals surface area contributed by atoms with Crippen molar-refractivity contribution in [2.45, 2.75) is 18.5 Å². The Morgan fingerprint density at radius 1 is 1.47 bits per heavy atom. The summed E-state index contributed by atoms with van der Waals surface area (Å²) in [5.74, 6) is 0. The number of aromatic nitrogens is 2. The molecule has 0 radical (unpaired) electrons. The number of rotatable bonds is 2. The molecule has 0 aliphatic carbocycles. The topological polar surface area (TPSA) is 29.9 Å². The van der Waals surface area contributed by atoms with Crippen LogP contribution in [-0.4, -0.2) is 28.5 Å². The summed E-state index contributed by atoms with van der Waals surface area (Å²) >= 11 is 0. The number of aryl methyl sites for hydroxylation is 1. The summed E-state index contributed by atoms with van der Waals surface area (Å²) in [5.41, 5.74) is 0.809. The number of benzene rings is 1. The first-order valence-electron chi connectivity index (χ1n) is 5.98. The summed E-state index contributed by atoms with van der Waals surface area (Å²) in [5, 5.41) is 8.59. The van der Waals surface area contributed by atoms with Gasteiger partial charge in [0.1, 0.15) is 5.67 Å². The summed E-state index contributed by atoms with van der Waals surface area (Å²) in [6.07, 6.45) is 0.985. The highest BCUT2D eigenvalue weighted by atomic mass is 19.1. The van der Waals surface area contributed by atoms with Crippen molar-refractivity contribution >= 4 is 10.9 Å². The Bertz CT molecular complexity index is 541. The lowest BCUT2D eigenvalue weighted by molar-refractivity contribution is 0.189. The average molecular weight is 233 g/mol. The molecular formula is C13H16FN3. The molecule has 0 spiro atoms. The Labute approximate surface area is 99.6 Å². The van der Waals surface area contributed by atoms with Crippen molar-refractivity contribution in [1.29, 1.82) is 0 Å². The Hall–Kier alpha value is -1.42. The minimum Gasteiger partial charge on any atom is -0.313 e. The largest absolute Gasteiger partial charge is 0.313 e. The van der Waals surface area contributed by atoms with E-state index >= 15 is 0 Å². The van der Waals surface area contributed by atoms with Crippen molar-refractivity contribution < 1.29 is 4.39 Å². The Kier molecular flexibility index (Phi) is 2.40. The first kappa shape index (κ1) is 10.7. The van der Waals surface area contributed by atoms with Crippen molar-refractivity contribution in [1.82, 2.24) is 15.1 Å². The Morgan fingerprint density at radius 3 is 3.06 bits per heavy atom. The third-order valence-corrected chi connectivity index (χ3v) is 3.51. The van der Waals surface area contributed by atoms with Crippen LogP contribution in [0.2, 0.25) is 0 Å². The van der Waals surface area contributed by atoms with Crippen LogP contribution in [0.25, 0.3) is 10.9 Å². The molecule has 90 valence electrons. The fourth-order valence-corrected chi connectivity index (χ4v) is 2.58. The first-order chi connectivity index (χ1) is 8.18. The second-order valence-electron chi connectivity index (χ2n) is 4.84. The number of para-hydroxylation sites is 1. The van der Waals surface area contributed by atoms with Crippen LogP contribution in [0.5, 0.6) is 0 Å². The zero-order valence-corrected chi connectivity index (χ0v) is 9.91. The van der Waals surface area contributed by atoms with Gasteiger partial charge in [-0.1, -0.05) is 18.2 Å². The maximum atomic E-state index is 14.4. The summed E-state index contributed by atoms with van der Waals surface area (Å²) < 4.78 is 16.3. The van der Waals surface area contributed by atoms with Gasteiger partial charge in [-0.25, -0.2) is 4.39 Å². The van der Waals surface area contributed by atoms with Crippen molar-refractivity contribution in [3.8, 4) is 0 Å². The van der Waals surface area contributed by atoms with Crippen molar-refractivity contribution in [2.24, 2.45) is 7.05 Å². The highest BCUT2D eigenvalue weighted by molar-refractivity contribution is 5.81. The van der Waals surface area contributed by atoms with Crippen LogP contribution in [-0.2, 0) is 13.5 Å². The Morgan fingerprint density at radius 2 is 2.29 bits per heavy atom. The van der Waals surface area contributed by atoms with Gasteiger partial charge in [0, 0.05) is 25.4 Å². The summed E-state index contributed by atoms with van der Waals surface area (Å²) in [7, 11) is 1.91. The number of halogens is 1. The lowest BCUT2D eigenvalue weighted by Gasteiger charge is -2.16. The molecule has 1 aromatic carbocycles. The number of nitrogens with one attached hydrogen (secondary N) is 1. The van der Waals surface area contributed by atoms with Gasteiger partial charge in [0.15, 0.2) is 0 Å². The van der Waals surface area contributed by atoms with Crippen LogP contribution in [0.15, 0.2) is 24.3 Å². The van der Waals surface area contributed by atoms with E-state index in [-0.39, 0.29) is 0 Å². The van der Waals surface area contributed by atoms with E-state index in [0.717, 1.165) is 23.1 Å². The molecule has 3 rings (SSSR count). The lowest BCUT2D eigenvalue weighted by atomic mass is 9.97. The summed E-state index contributed by atoms with van der Waals surface area (Å²) in [6.45, 7) is 1.21. The molecule has 1 N–H and O–H groups in total. The van der Waals surface area contributed by atoms with Crippen LogP contribution in [0.4, 0.5) is 4.39 Å². The average Bonchev–Trinajstić information content (AvgIpc) is 2.86. The van der Waals surface area contributed by atoms with Gasteiger partial charge in [0.2, 0.25) is 0 Å². The van der Waals surface area contributed by atoms with E-state index in [2.05, 4.69) is 10.4 Å². The van der Waals surface area contributed by atoms with E-state index in [1.807, 2.05) is 36.0 Å². The van der Waals surface area contributed by atoms with E-state index in [1.165, 1.54) is 0 Å². The van der Waals surface area contributed by atoms with Gasteiger partial charge >= 0.3 is 0 Å². The highest BCUT2D eigenvalue weighted by Crippen LogP contribution is 2.28. The maximum Gasteiger partial charge on any atom is 0.130 e. The number of nitrogens with zero attached hydrogens (tertiary/aromatic N) is 2. The van der Waals surface area contributed by atoms with Gasteiger partial charge in [0.25, 0.3) is 0 Å². The van der Waals surface area contributed by atoms with Crippen molar-refractivity contribution in [3.63, 3.8) is 0 Å². The van der Waals surface area contributed by atoms with Crippen LogP contribution < -0.4 is 5.32 Å². The molecule has 1 unspecified atom stereocenters. The fourth-order valence-electron chi connectivity index (χ4n) is 2.58. The van der Waals surface area contributed by atoms with E-state index in [0.29, 0.717) is 19.4 Å². The Balaban J connectivity index is 2.00. The second-order valence-corrected chi connectivity index (χ2v) is 4.84. The van der Waals surface area contributed by atoms with Gasteiger partial charge in [-0.15, -0.1) is 0 Å². The molecule has 0 amide bonds. The quantitative estimate of drug-likeness (QED) is 0.857. The molecule has 1 aliphatic heterocycles. The third kappa shape index (κ3) is 1.82. The van der Waals surface area contributed by atoms with E-state index in [4.69, 9.17) is 0 Å². The molecule has 0 saturated carbocycles. The maximum absolute atomic E-state index is 14.4. The molecule has 4 heteroatoms. The van der Waals surface area contributed by atoms with Gasteiger partial charge in [-0.2, -0.15) is 5.10 Å². The van der Waals surface area contributed by atoms with Gasteiger partial charge < -0.3 is 5.32 Å². The molecule has 1 atom stereocenters. The van der Waals surface area contributed by atoms with Crippen LogP contribution in [0.3, 0.4) is 0 Å². The standard InChI is InChI=1S/C13H16FN3/c1-17-12-5-3-2-4-10(12)11(16-17)8-13(14)6-7-15-9-13/h2-5,15H,6-9H2,1H3. The van der Waals surface area contributed by atoms with Gasteiger partial charge in [-0.3, -0.25) is 4.68 Å². The lowest BCUT2D eigenvalue weighted by Crippen LogP contribution is -2.29. The number of alkyl halides is 1. The van der Waals surface area contributed by atoms with E-state index in [1.54, 1.807) is 0 Å². The van der Waals surface area contributed by atoms with Gasteiger partial charge in [-0.05, 0) is 19.0 Å². The zero-order chi connectivity index (χ0) is 11.9. The molecule has 1 aliphatic rings. The number of hydrogen-bond donors (Lipinski definition) is 1. The van der Waals surface area contributed by atoms with Gasteiger partial charge in [0.05, 0.1) is 11.2 Å². The minimum absolute atomic E-state index is 0.404. The van der Waals surface area contributed by atoms with Crippen molar-refractivity contribution in [2.75, 3.05) is 13.1 Å². The molecule has 3 nitrogen and oxygen atoms in total. The minimum atomic E-state index is -1.13. The normalized spacial score (nSPS) is 24.6. The first-order valence-corrected chi connectivity index (χ1v) is 5.98. The van der Waals surface area contributed by atoms with E-state index < -0.39 is 5.67 Å². The number of hydrogen-bond acceptors (Lipinski definition) is 2. The fraction of sp³-hybridized carbons (Fsp3) is 0.462. The highest BCUT2D eigenvalue weighted by Gasteiger charge is 2.35. The summed E-state index contributed by atoms with van der Waals surface area (Å²) in [6, 6.07) is 7.99. The smallest absolute Gasteiger partial charge is 0.130 e. The molecule has 1 saturated heterocycles. The third-order valence-electron chi connectivity index (χ3n) is 3.51. The SMILES string of the molecule is Cn1nc(CC2(F)CCNC2)c2ccccc21. The van der Waals surface area contributed by atoms with E-state index in [9.17, 15) is 4.39 Å². The number of fused-ring (bicyclic) bond motifs is 1. The monoisotopic (exact) mass is 233 g/mol. The molecule has 2 aromatic rings. The molecular weight excluding hydrogens is 217 g/mol. The van der Waals surface area contributed by atoms with Crippen LogP contribution in [0.1, 0.15) is 12.1 Å². The molecule has 1 aromatic heterocycles. The zero-order valence-electron chi connectivity index (χ0n) is 9.91. The predicted molar refractivity (Wildman–Crippen MR) is 65.7 cm³/mol. The molecule has 1 fully saturated rings. The molecule has 0 bridgehead atoms. The van der Waals surface area contributed by atoms with Crippen molar-refractivity contribution in [3.05, 3.63) is 30.0 Å². The van der Waals surface area contributed by atoms with Crippen LogP contribution in [0, 0.1) is 0 Å². The predicted octanol–water partition coefficient (Wildman–Crippen LogP) is 1.82. The molecule has 17 heavy (non-hydrogen) atoms. The van der Waals surface area contributed by atoms with Crippen LogP contribution >= 0.6 is 0 Å².